The monoisotopic (exact) mass is 359 g/mol. The fourth-order valence-electron chi connectivity index (χ4n) is 3.28. The number of hydrogen-bond acceptors (Lipinski definition) is 5. The smallest absolute Gasteiger partial charge is 0.277 e. The van der Waals surface area contributed by atoms with E-state index in [2.05, 4.69) is 28.5 Å². The zero-order chi connectivity index (χ0) is 17.8. The van der Waals surface area contributed by atoms with Crippen molar-refractivity contribution in [3.05, 3.63) is 29.3 Å². The Balaban J connectivity index is 1.52. The molecule has 134 valence electrons. The molecule has 0 spiro atoms. The standard InChI is InChI=1S/C19H25N3O2S/c1-12-4-6-16(7-5-12)20-17(23)11-25-19-22-21-18(24-19)15-9-13(2)8-14(3)10-15/h8-10,12,16H,4-7,11H2,1-3H3,(H,20,23). The van der Waals surface area contributed by atoms with Crippen LogP contribution in [0.3, 0.4) is 0 Å². The summed E-state index contributed by atoms with van der Waals surface area (Å²) in [5.74, 6) is 1.62. The lowest BCUT2D eigenvalue weighted by atomic mass is 9.87. The molecule has 5 nitrogen and oxygen atoms in total. The number of hydrogen-bond donors (Lipinski definition) is 1. The number of benzene rings is 1. The van der Waals surface area contributed by atoms with Crippen LogP contribution in [-0.2, 0) is 4.79 Å². The molecule has 0 radical (unpaired) electrons. The van der Waals surface area contributed by atoms with E-state index in [1.165, 1.54) is 24.6 Å². The second kappa shape index (κ2) is 8.04. The number of thioether (sulfide) groups is 1. The highest BCUT2D eigenvalue weighted by molar-refractivity contribution is 7.99. The Hall–Kier alpha value is -1.82. The molecule has 1 saturated carbocycles. The highest BCUT2D eigenvalue weighted by Crippen LogP contribution is 2.26. The maximum Gasteiger partial charge on any atom is 0.277 e. The Morgan fingerprint density at radius 1 is 1.16 bits per heavy atom. The highest BCUT2D eigenvalue weighted by Gasteiger charge is 2.20. The van der Waals surface area contributed by atoms with Gasteiger partial charge in [0.25, 0.3) is 5.22 Å². The Morgan fingerprint density at radius 2 is 1.84 bits per heavy atom. The number of rotatable bonds is 5. The van der Waals surface area contributed by atoms with Gasteiger partial charge >= 0.3 is 0 Å². The number of nitrogens with one attached hydrogen (secondary N) is 1. The van der Waals surface area contributed by atoms with Crippen LogP contribution in [0.25, 0.3) is 11.5 Å². The first-order valence-electron chi connectivity index (χ1n) is 8.84. The molecule has 1 aromatic heterocycles. The Morgan fingerprint density at radius 3 is 2.52 bits per heavy atom. The maximum absolute atomic E-state index is 12.1. The molecule has 6 heteroatoms. The van der Waals surface area contributed by atoms with Crippen molar-refractivity contribution in [2.45, 2.75) is 57.7 Å². The van der Waals surface area contributed by atoms with Crippen molar-refractivity contribution in [1.29, 1.82) is 0 Å². The number of amides is 1. The van der Waals surface area contributed by atoms with Crippen LogP contribution >= 0.6 is 11.8 Å². The summed E-state index contributed by atoms with van der Waals surface area (Å²) in [6.07, 6.45) is 4.55. The highest BCUT2D eigenvalue weighted by atomic mass is 32.2. The van der Waals surface area contributed by atoms with Crippen molar-refractivity contribution in [3.63, 3.8) is 0 Å². The van der Waals surface area contributed by atoms with Crippen LogP contribution in [0, 0.1) is 19.8 Å². The van der Waals surface area contributed by atoms with Crippen molar-refractivity contribution < 1.29 is 9.21 Å². The van der Waals surface area contributed by atoms with Crippen LogP contribution in [0.1, 0.15) is 43.7 Å². The zero-order valence-electron chi connectivity index (χ0n) is 15.0. The first-order chi connectivity index (χ1) is 12.0. The summed E-state index contributed by atoms with van der Waals surface area (Å²) in [5.41, 5.74) is 3.23. The van der Waals surface area contributed by atoms with Crippen LogP contribution < -0.4 is 5.32 Å². The number of carbonyl (C=O) groups is 1. The SMILES string of the molecule is Cc1cc(C)cc(-c2nnc(SCC(=O)NC3CCC(C)CC3)o2)c1. The summed E-state index contributed by atoms with van der Waals surface area (Å²) in [4.78, 5) is 12.1. The fraction of sp³-hybridized carbons (Fsp3) is 0.526. The molecule has 0 aliphatic heterocycles. The van der Waals surface area contributed by atoms with Gasteiger partial charge in [-0.25, -0.2) is 0 Å². The predicted molar refractivity (Wildman–Crippen MR) is 99.5 cm³/mol. The van der Waals surface area contributed by atoms with Crippen LogP contribution in [0.15, 0.2) is 27.8 Å². The molecule has 1 amide bonds. The lowest BCUT2D eigenvalue weighted by Crippen LogP contribution is -2.38. The van der Waals surface area contributed by atoms with E-state index in [0.29, 0.717) is 22.9 Å². The molecule has 0 unspecified atom stereocenters. The normalized spacial score (nSPS) is 20.4. The maximum atomic E-state index is 12.1. The quantitative estimate of drug-likeness (QED) is 0.813. The average molecular weight is 359 g/mol. The van der Waals surface area contributed by atoms with Crippen molar-refractivity contribution in [1.82, 2.24) is 15.5 Å². The summed E-state index contributed by atoms with van der Waals surface area (Å²) in [6, 6.07) is 6.46. The van der Waals surface area contributed by atoms with Gasteiger partial charge in [-0.15, -0.1) is 10.2 Å². The van der Waals surface area contributed by atoms with E-state index in [1.807, 2.05) is 26.0 Å². The molecule has 1 N–H and O–H groups in total. The molecule has 1 heterocycles. The number of carbonyl (C=O) groups excluding carboxylic acids is 1. The second-order valence-corrected chi connectivity index (χ2v) is 7.99. The van der Waals surface area contributed by atoms with Crippen LogP contribution in [0.4, 0.5) is 0 Å². The van der Waals surface area contributed by atoms with Crippen LogP contribution in [-0.4, -0.2) is 27.9 Å². The van der Waals surface area contributed by atoms with Gasteiger partial charge in [0.1, 0.15) is 0 Å². The van der Waals surface area contributed by atoms with Crippen LogP contribution in [0.2, 0.25) is 0 Å². The second-order valence-electron chi connectivity index (χ2n) is 7.06. The molecule has 1 aromatic carbocycles. The minimum Gasteiger partial charge on any atom is -0.411 e. The molecule has 1 aliphatic carbocycles. The van der Waals surface area contributed by atoms with E-state index in [-0.39, 0.29) is 5.91 Å². The van der Waals surface area contributed by atoms with E-state index in [1.54, 1.807) is 0 Å². The van der Waals surface area contributed by atoms with Gasteiger partial charge in [-0.05, 0) is 57.6 Å². The molecule has 2 aromatic rings. The van der Waals surface area contributed by atoms with Gasteiger partial charge in [0, 0.05) is 11.6 Å². The van der Waals surface area contributed by atoms with Gasteiger partial charge in [-0.2, -0.15) is 0 Å². The molecule has 0 atom stereocenters. The van der Waals surface area contributed by atoms with E-state index in [9.17, 15) is 4.79 Å². The fourth-order valence-corrected chi connectivity index (χ4v) is 3.86. The molecule has 1 fully saturated rings. The van der Waals surface area contributed by atoms with Gasteiger partial charge in [-0.1, -0.05) is 35.9 Å². The average Bonchev–Trinajstić information content (AvgIpc) is 3.03. The molecule has 0 saturated heterocycles. The van der Waals surface area contributed by atoms with E-state index >= 15 is 0 Å². The van der Waals surface area contributed by atoms with Gasteiger partial charge in [0.2, 0.25) is 11.8 Å². The minimum atomic E-state index is 0.0377. The Kier molecular flexibility index (Phi) is 5.78. The lowest BCUT2D eigenvalue weighted by molar-refractivity contribution is -0.119. The number of nitrogens with zero attached hydrogens (tertiary/aromatic N) is 2. The number of aryl methyl sites for hydroxylation is 2. The van der Waals surface area contributed by atoms with Gasteiger partial charge in [-0.3, -0.25) is 4.79 Å². The first kappa shape index (κ1) is 18.0. The summed E-state index contributed by atoms with van der Waals surface area (Å²) in [7, 11) is 0. The van der Waals surface area contributed by atoms with Gasteiger partial charge < -0.3 is 9.73 Å². The van der Waals surface area contributed by atoms with E-state index < -0.39 is 0 Å². The van der Waals surface area contributed by atoms with Gasteiger partial charge in [0.15, 0.2) is 0 Å². The summed E-state index contributed by atoms with van der Waals surface area (Å²) >= 11 is 1.29. The predicted octanol–water partition coefficient (Wildman–Crippen LogP) is 4.14. The van der Waals surface area contributed by atoms with Crippen LogP contribution in [0.5, 0.6) is 0 Å². The summed E-state index contributed by atoms with van der Waals surface area (Å²) in [5, 5.41) is 11.7. The number of aromatic nitrogens is 2. The zero-order valence-corrected chi connectivity index (χ0v) is 15.9. The van der Waals surface area contributed by atoms with Gasteiger partial charge in [0.05, 0.1) is 5.75 Å². The first-order valence-corrected chi connectivity index (χ1v) is 9.82. The Bertz CT molecular complexity index is 716. The van der Waals surface area contributed by atoms with Crippen molar-refractivity contribution in [3.8, 4) is 11.5 Å². The summed E-state index contributed by atoms with van der Waals surface area (Å²) < 4.78 is 5.69. The molecular weight excluding hydrogens is 334 g/mol. The third-order valence-corrected chi connectivity index (χ3v) is 5.40. The molecule has 3 rings (SSSR count). The third-order valence-electron chi connectivity index (χ3n) is 4.58. The Labute approximate surface area is 153 Å². The van der Waals surface area contributed by atoms with E-state index in [4.69, 9.17) is 4.42 Å². The van der Waals surface area contributed by atoms with Crippen molar-refractivity contribution in [2.24, 2.45) is 5.92 Å². The molecule has 1 aliphatic rings. The molecule has 25 heavy (non-hydrogen) atoms. The third kappa shape index (κ3) is 5.08. The summed E-state index contributed by atoms with van der Waals surface area (Å²) in [6.45, 7) is 6.36. The van der Waals surface area contributed by atoms with Crippen molar-refractivity contribution in [2.75, 3.05) is 5.75 Å². The minimum absolute atomic E-state index is 0.0377. The van der Waals surface area contributed by atoms with Crippen molar-refractivity contribution >= 4 is 17.7 Å². The topological polar surface area (TPSA) is 68.0 Å². The lowest BCUT2D eigenvalue weighted by Gasteiger charge is -2.26. The molecule has 0 bridgehead atoms. The molecular formula is C19H25N3O2S. The largest absolute Gasteiger partial charge is 0.411 e. The van der Waals surface area contributed by atoms with E-state index in [0.717, 1.165) is 35.4 Å².